The van der Waals surface area contributed by atoms with E-state index >= 15 is 0 Å². The smallest absolute Gasteiger partial charge is 0.428 e. The number of amides is 1. The van der Waals surface area contributed by atoms with Gasteiger partial charge in [-0.15, -0.1) is 0 Å². The van der Waals surface area contributed by atoms with Gasteiger partial charge in [-0.25, -0.2) is 15.0 Å². The maximum absolute atomic E-state index is 11.3. The molecule has 20 heavy (non-hydrogen) atoms. The zero-order valence-corrected chi connectivity index (χ0v) is 10.9. The number of ether oxygens (including phenoxy) is 2. The molecule has 0 aromatic heterocycles. The molecule has 0 saturated carbocycles. The summed E-state index contributed by atoms with van der Waals surface area (Å²) in [5.41, 5.74) is 2.20. The molecular weight excluding hydrogens is 264 g/mol. The fourth-order valence-electron chi connectivity index (χ4n) is 1.19. The van der Waals surface area contributed by atoms with Crippen LogP contribution in [0, 0.1) is 0 Å². The van der Waals surface area contributed by atoms with Crippen molar-refractivity contribution < 1.29 is 23.9 Å². The predicted molar refractivity (Wildman–Crippen MR) is 69.9 cm³/mol. The number of rotatable bonds is 6. The van der Waals surface area contributed by atoms with Gasteiger partial charge in [0.05, 0.1) is 6.61 Å². The number of hydrogen-bond acceptors (Lipinski definition) is 6. The van der Waals surface area contributed by atoms with Gasteiger partial charge in [0.25, 0.3) is 0 Å². The van der Waals surface area contributed by atoms with E-state index in [9.17, 15) is 14.4 Å². The Kier molecular flexibility index (Phi) is 6.46. The summed E-state index contributed by atoms with van der Waals surface area (Å²) in [5.74, 6) is -0.911. The van der Waals surface area contributed by atoms with Crippen molar-refractivity contribution in [2.75, 3.05) is 6.61 Å². The number of hydrogen-bond donors (Lipinski definition) is 1. The minimum absolute atomic E-state index is 0.0536. The minimum Gasteiger partial charge on any atom is -0.461 e. The van der Waals surface area contributed by atoms with Crippen LogP contribution in [0.4, 0.5) is 4.79 Å². The maximum Gasteiger partial charge on any atom is 0.428 e. The number of aldehydes is 1. The molecule has 0 saturated heterocycles. The summed E-state index contributed by atoms with van der Waals surface area (Å²) in [6.45, 7) is 1.74. The predicted octanol–water partition coefficient (Wildman–Crippen LogP) is 1.03. The van der Waals surface area contributed by atoms with Crippen LogP contribution in [-0.4, -0.2) is 30.7 Å². The van der Waals surface area contributed by atoms with E-state index in [0.717, 1.165) is 5.56 Å². The van der Waals surface area contributed by atoms with Crippen LogP contribution in [0.3, 0.4) is 0 Å². The summed E-state index contributed by atoms with van der Waals surface area (Å²) < 4.78 is 9.40. The molecule has 1 amide bonds. The molecule has 0 unspecified atom stereocenters. The van der Waals surface area contributed by atoms with Crippen molar-refractivity contribution in [3.8, 4) is 0 Å². The summed E-state index contributed by atoms with van der Waals surface area (Å²) in [7, 11) is 0. The molecule has 0 radical (unpaired) electrons. The zero-order chi connectivity index (χ0) is 14.8. The molecule has 0 aliphatic rings. The summed E-state index contributed by atoms with van der Waals surface area (Å²) in [4.78, 5) is 33.1. The standard InChI is InChI=1S/C13H14N2O5/c1-2-19-12(17)11(8-16)14-15-13(18)20-9-10-6-4-3-5-7-10/h3-8H,2,9H2,1H3,(H,15,18)/b14-11+. The lowest BCUT2D eigenvalue weighted by Gasteiger charge is -2.04. The molecule has 7 heteroatoms. The number of nitrogens with zero attached hydrogens (tertiary/aromatic N) is 1. The molecule has 0 heterocycles. The molecule has 0 fully saturated rings. The minimum atomic E-state index is -0.911. The lowest BCUT2D eigenvalue weighted by atomic mass is 10.2. The Balaban J connectivity index is 2.45. The van der Waals surface area contributed by atoms with Crippen molar-refractivity contribution in [3.63, 3.8) is 0 Å². The number of esters is 1. The van der Waals surface area contributed by atoms with Crippen LogP contribution in [0.5, 0.6) is 0 Å². The first-order valence-corrected chi connectivity index (χ1v) is 5.84. The largest absolute Gasteiger partial charge is 0.461 e. The number of nitrogens with one attached hydrogen (secondary N) is 1. The van der Waals surface area contributed by atoms with Gasteiger partial charge in [0.15, 0.2) is 6.29 Å². The van der Waals surface area contributed by atoms with E-state index in [-0.39, 0.29) is 19.5 Å². The lowest BCUT2D eigenvalue weighted by Crippen LogP contribution is -2.26. The lowest BCUT2D eigenvalue weighted by molar-refractivity contribution is -0.135. The highest BCUT2D eigenvalue weighted by atomic mass is 16.6. The first kappa shape index (κ1) is 15.4. The highest BCUT2D eigenvalue weighted by Gasteiger charge is 2.12. The van der Waals surface area contributed by atoms with Crippen LogP contribution in [0.25, 0.3) is 0 Å². The Labute approximate surface area is 115 Å². The molecule has 1 N–H and O–H groups in total. The average molecular weight is 278 g/mol. The van der Waals surface area contributed by atoms with Gasteiger partial charge in [-0.1, -0.05) is 30.3 Å². The average Bonchev–Trinajstić information content (AvgIpc) is 2.47. The fourth-order valence-corrected chi connectivity index (χ4v) is 1.19. The van der Waals surface area contributed by atoms with E-state index in [1.807, 2.05) is 11.5 Å². The Morgan fingerprint density at radius 3 is 2.55 bits per heavy atom. The van der Waals surface area contributed by atoms with Gasteiger partial charge in [0, 0.05) is 0 Å². The normalized spacial score (nSPS) is 10.6. The van der Waals surface area contributed by atoms with Crippen LogP contribution in [0.2, 0.25) is 0 Å². The Hall–Kier alpha value is -2.70. The summed E-state index contributed by atoms with van der Waals surface area (Å²) >= 11 is 0. The Morgan fingerprint density at radius 1 is 1.25 bits per heavy atom. The molecule has 0 bridgehead atoms. The third-order valence-corrected chi connectivity index (χ3v) is 2.08. The van der Waals surface area contributed by atoms with Crippen molar-refractivity contribution in [2.24, 2.45) is 5.10 Å². The molecule has 1 aromatic carbocycles. The van der Waals surface area contributed by atoms with Crippen LogP contribution in [0.1, 0.15) is 12.5 Å². The number of carbonyl (C=O) groups excluding carboxylic acids is 3. The Morgan fingerprint density at radius 2 is 1.95 bits per heavy atom. The van der Waals surface area contributed by atoms with E-state index in [4.69, 9.17) is 4.74 Å². The number of carbonyl (C=O) groups is 3. The third kappa shape index (κ3) is 5.30. The van der Waals surface area contributed by atoms with E-state index in [2.05, 4.69) is 9.84 Å². The van der Waals surface area contributed by atoms with Gasteiger partial charge in [0.2, 0.25) is 5.71 Å². The molecule has 0 aliphatic carbocycles. The molecular formula is C13H14N2O5. The summed E-state index contributed by atoms with van der Waals surface area (Å²) in [5, 5.41) is 3.32. The van der Waals surface area contributed by atoms with Crippen molar-refractivity contribution in [1.29, 1.82) is 0 Å². The topological polar surface area (TPSA) is 94.1 Å². The molecule has 1 rings (SSSR count). The van der Waals surface area contributed by atoms with E-state index in [1.54, 1.807) is 31.2 Å². The molecule has 1 aromatic rings. The van der Waals surface area contributed by atoms with E-state index < -0.39 is 17.8 Å². The molecule has 7 nitrogen and oxygen atoms in total. The summed E-state index contributed by atoms with van der Waals surface area (Å²) in [6.07, 6.45) is -0.687. The second-order valence-corrected chi connectivity index (χ2v) is 3.51. The van der Waals surface area contributed by atoms with E-state index in [1.165, 1.54) is 0 Å². The molecule has 106 valence electrons. The SMILES string of the molecule is CCOC(=O)/C(C=O)=N/NC(=O)OCc1ccccc1. The van der Waals surface area contributed by atoms with E-state index in [0.29, 0.717) is 0 Å². The van der Waals surface area contributed by atoms with Crippen LogP contribution >= 0.6 is 0 Å². The van der Waals surface area contributed by atoms with Crippen LogP contribution in [-0.2, 0) is 25.7 Å². The quantitative estimate of drug-likeness (QED) is 0.276. The number of hydrazone groups is 1. The Bertz CT molecular complexity index is 499. The molecule has 0 aliphatic heterocycles. The van der Waals surface area contributed by atoms with Gasteiger partial charge in [-0.3, -0.25) is 4.79 Å². The third-order valence-electron chi connectivity index (χ3n) is 2.08. The van der Waals surface area contributed by atoms with Crippen molar-refractivity contribution in [1.82, 2.24) is 5.43 Å². The van der Waals surface area contributed by atoms with Gasteiger partial charge in [-0.05, 0) is 12.5 Å². The number of benzene rings is 1. The van der Waals surface area contributed by atoms with Crippen LogP contribution in [0.15, 0.2) is 35.4 Å². The van der Waals surface area contributed by atoms with Crippen LogP contribution < -0.4 is 5.43 Å². The second-order valence-electron chi connectivity index (χ2n) is 3.51. The fraction of sp³-hybridized carbons (Fsp3) is 0.231. The highest BCUT2D eigenvalue weighted by Crippen LogP contribution is 2.00. The summed E-state index contributed by atoms with van der Waals surface area (Å²) in [6, 6.07) is 9.02. The van der Waals surface area contributed by atoms with Crippen molar-refractivity contribution in [2.45, 2.75) is 13.5 Å². The zero-order valence-electron chi connectivity index (χ0n) is 10.9. The second kappa shape index (κ2) is 8.41. The van der Waals surface area contributed by atoms with Gasteiger partial charge < -0.3 is 9.47 Å². The first-order chi connectivity index (χ1) is 9.67. The van der Waals surface area contributed by atoms with Gasteiger partial charge in [-0.2, -0.15) is 5.10 Å². The molecule has 0 atom stereocenters. The molecule has 0 spiro atoms. The monoisotopic (exact) mass is 278 g/mol. The maximum atomic E-state index is 11.3. The van der Waals surface area contributed by atoms with Crippen molar-refractivity contribution >= 4 is 24.1 Å². The van der Waals surface area contributed by atoms with Gasteiger partial charge >= 0.3 is 12.1 Å². The first-order valence-electron chi connectivity index (χ1n) is 5.84. The van der Waals surface area contributed by atoms with Gasteiger partial charge in [0.1, 0.15) is 6.61 Å². The highest BCUT2D eigenvalue weighted by molar-refractivity contribution is 6.58. The van der Waals surface area contributed by atoms with Crippen molar-refractivity contribution in [3.05, 3.63) is 35.9 Å².